The summed E-state index contributed by atoms with van der Waals surface area (Å²) in [5.74, 6) is -0.568. The monoisotopic (exact) mass is 318 g/mol. The summed E-state index contributed by atoms with van der Waals surface area (Å²) in [6, 6.07) is 6.36. The van der Waals surface area contributed by atoms with Crippen molar-refractivity contribution in [2.45, 2.75) is 65.2 Å². The van der Waals surface area contributed by atoms with Crippen LogP contribution in [0, 0.1) is 0 Å². The molecular formula is C19H30N2O2. The molecule has 0 spiro atoms. The minimum Gasteiger partial charge on any atom is -0.383 e. The van der Waals surface area contributed by atoms with Crippen molar-refractivity contribution in [2.75, 3.05) is 13.2 Å². The smallest absolute Gasteiger partial charge is 0.300 e. The molecule has 0 atom stereocenters. The van der Waals surface area contributed by atoms with Gasteiger partial charge >= 0.3 is 5.91 Å². The average molecular weight is 318 g/mol. The van der Waals surface area contributed by atoms with Crippen LogP contribution >= 0.6 is 0 Å². The highest BCUT2D eigenvalue weighted by Gasteiger charge is 2.42. The Balaban J connectivity index is 2.45. The Bertz CT molecular complexity index is 571. The van der Waals surface area contributed by atoms with Gasteiger partial charge in [-0.3, -0.25) is 0 Å². The molecule has 0 saturated heterocycles. The topological polar surface area (TPSA) is 56.8 Å². The fraction of sp³-hybridized carbons (Fsp3) is 0.632. The first-order valence-corrected chi connectivity index (χ1v) is 8.68. The Morgan fingerprint density at radius 2 is 1.70 bits per heavy atom. The van der Waals surface area contributed by atoms with Gasteiger partial charge in [-0.1, -0.05) is 46.8 Å². The molecule has 0 aliphatic carbocycles. The molecule has 0 aromatic heterocycles. The molecule has 0 radical (unpaired) electrons. The Hall–Kier alpha value is -1.39. The highest BCUT2D eigenvalue weighted by molar-refractivity contribution is 6.01. The van der Waals surface area contributed by atoms with E-state index in [1.54, 1.807) is 0 Å². The Morgan fingerprint density at radius 1 is 1.09 bits per heavy atom. The van der Waals surface area contributed by atoms with Crippen LogP contribution in [0.4, 0.5) is 0 Å². The Morgan fingerprint density at radius 3 is 2.22 bits per heavy atom. The van der Waals surface area contributed by atoms with E-state index in [-0.39, 0.29) is 5.41 Å². The van der Waals surface area contributed by atoms with E-state index in [4.69, 9.17) is 15.2 Å². The first-order valence-electron chi connectivity index (χ1n) is 8.68. The van der Waals surface area contributed by atoms with Gasteiger partial charge in [0.15, 0.2) is 0 Å². The predicted molar refractivity (Wildman–Crippen MR) is 94.6 cm³/mol. The minimum atomic E-state index is -1.07. The van der Waals surface area contributed by atoms with Crippen molar-refractivity contribution in [3.63, 3.8) is 0 Å². The molecule has 23 heavy (non-hydrogen) atoms. The molecule has 2 rings (SSSR count). The minimum absolute atomic E-state index is 0.106. The molecule has 4 heteroatoms. The lowest BCUT2D eigenvalue weighted by Gasteiger charge is -2.29. The quantitative estimate of drug-likeness (QED) is 0.735. The van der Waals surface area contributed by atoms with Crippen LogP contribution in [0.15, 0.2) is 23.2 Å². The van der Waals surface area contributed by atoms with E-state index in [2.05, 4.69) is 57.8 Å². The summed E-state index contributed by atoms with van der Waals surface area (Å²) in [5.41, 5.74) is 9.44. The number of nitrogens with two attached hydrogens (primary N) is 1. The summed E-state index contributed by atoms with van der Waals surface area (Å²) in [6.07, 6.45) is 2.87. The van der Waals surface area contributed by atoms with Gasteiger partial charge in [-0.15, -0.1) is 0 Å². The van der Waals surface area contributed by atoms with Crippen molar-refractivity contribution < 1.29 is 9.47 Å². The van der Waals surface area contributed by atoms with Crippen molar-refractivity contribution in [1.82, 2.24) is 0 Å². The Labute approximate surface area is 140 Å². The van der Waals surface area contributed by atoms with Gasteiger partial charge in [-0.2, -0.15) is 0 Å². The normalized spacial score (nSPS) is 16.3. The van der Waals surface area contributed by atoms with Crippen LogP contribution in [0.3, 0.4) is 0 Å². The van der Waals surface area contributed by atoms with Crippen molar-refractivity contribution in [1.29, 1.82) is 0 Å². The van der Waals surface area contributed by atoms with E-state index in [1.807, 2.05) is 0 Å². The lowest BCUT2D eigenvalue weighted by Crippen LogP contribution is -2.30. The van der Waals surface area contributed by atoms with Gasteiger partial charge in [-0.25, -0.2) is 4.99 Å². The number of hydrogen-bond acceptors (Lipinski definition) is 4. The van der Waals surface area contributed by atoms with Crippen molar-refractivity contribution in [3.05, 3.63) is 34.9 Å². The molecule has 1 aliphatic rings. The molecule has 0 unspecified atom stereocenters. The van der Waals surface area contributed by atoms with Crippen molar-refractivity contribution in [2.24, 2.45) is 10.7 Å². The van der Waals surface area contributed by atoms with E-state index in [0.29, 0.717) is 19.0 Å². The van der Waals surface area contributed by atoms with Crippen molar-refractivity contribution >= 4 is 5.84 Å². The number of benzene rings is 1. The standard InChI is InChI=1S/C19H30N2O2/c1-6-11-22-19(23-12-7-2)16-10-9-14(18(4,5)8-3)13-15(16)17(20)21-19/h9-10,13H,6-8,11-12H2,1-5H3,(H2,20,21). The van der Waals surface area contributed by atoms with Gasteiger partial charge in [0.25, 0.3) is 0 Å². The molecule has 1 aromatic rings. The molecule has 0 saturated carbocycles. The number of ether oxygens (including phenoxy) is 2. The molecule has 1 aromatic carbocycles. The van der Waals surface area contributed by atoms with Crippen LogP contribution < -0.4 is 5.73 Å². The third-order valence-electron chi connectivity index (χ3n) is 4.57. The highest BCUT2D eigenvalue weighted by atomic mass is 16.7. The molecule has 4 nitrogen and oxygen atoms in total. The van der Waals surface area contributed by atoms with E-state index in [0.717, 1.165) is 30.4 Å². The van der Waals surface area contributed by atoms with Crippen LogP contribution in [0.25, 0.3) is 0 Å². The summed E-state index contributed by atoms with van der Waals surface area (Å²) < 4.78 is 12.0. The molecule has 0 bridgehead atoms. The fourth-order valence-corrected chi connectivity index (χ4v) is 2.68. The summed E-state index contributed by atoms with van der Waals surface area (Å²) in [4.78, 5) is 4.56. The first-order chi connectivity index (χ1) is 10.9. The largest absolute Gasteiger partial charge is 0.383 e. The predicted octanol–water partition coefficient (Wildman–Crippen LogP) is 4.06. The van der Waals surface area contributed by atoms with Gasteiger partial charge in [0.2, 0.25) is 0 Å². The maximum atomic E-state index is 6.21. The zero-order valence-electron chi connectivity index (χ0n) is 15.1. The van der Waals surface area contributed by atoms with Crippen molar-refractivity contribution in [3.8, 4) is 0 Å². The van der Waals surface area contributed by atoms with Crippen LogP contribution in [0.2, 0.25) is 0 Å². The maximum absolute atomic E-state index is 6.21. The molecule has 128 valence electrons. The third kappa shape index (κ3) is 3.43. The first kappa shape index (κ1) is 18.0. The second-order valence-electron chi connectivity index (χ2n) is 6.77. The van der Waals surface area contributed by atoms with Gasteiger partial charge in [0.05, 0.1) is 13.2 Å². The fourth-order valence-electron chi connectivity index (χ4n) is 2.68. The number of aliphatic imine (C=N–C) groups is 1. The van der Waals surface area contributed by atoms with Crippen LogP contribution in [0.1, 0.15) is 70.6 Å². The molecule has 0 amide bonds. The number of fused-ring (bicyclic) bond motifs is 1. The lowest BCUT2D eigenvalue weighted by molar-refractivity contribution is -0.239. The number of nitrogens with zero attached hydrogens (tertiary/aromatic N) is 1. The summed E-state index contributed by atoms with van der Waals surface area (Å²) in [7, 11) is 0. The summed E-state index contributed by atoms with van der Waals surface area (Å²) in [5, 5.41) is 0. The van der Waals surface area contributed by atoms with Crippen LogP contribution in [-0.2, 0) is 20.8 Å². The molecule has 0 fully saturated rings. The van der Waals surface area contributed by atoms with E-state index in [1.165, 1.54) is 5.56 Å². The maximum Gasteiger partial charge on any atom is 0.300 e. The summed E-state index contributed by atoms with van der Waals surface area (Å²) >= 11 is 0. The lowest BCUT2D eigenvalue weighted by atomic mass is 9.81. The zero-order valence-corrected chi connectivity index (χ0v) is 15.1. The second kappa shape index (κ2) is 7.02. The highest BCUT2D eigenvalue weighted by Crippen LogP contribution is 2.39. The van der Waals surface area contributed by atoms with E-state index < -0.39 is 5.91 Å². The molecule has 1 heterocycles. The van der Waals surface area contributed by atoms with Gasteiger partial charge in [0, 0.05) is 11.1 Å². The SMILES string of the molecule is CCCOC1(OCCC)N=C(N)c2cc(C(C)(C)CC)ccc21. The van der Waals surface area contributed by atoms with E-state index >= 15 is 0 Å². The van der Waals surface area contributed by atoms with Gasteiger partial charge in [0.1, 0.15) is 5.84 Å². The number of amidine groups is 1. The third-order valence-corrected chi connectivity index (χ3v) is 4.57. The molecule has 1 aliphatic heterocycles. The van der Waals surface area contributed by atoms with Gasteiger partial charge in [-0.05, 0) is 36.3 Å². The number of rotatable bonds is 8. The molecule has 2 N–H and O–H groups in total. The van der Waals surface area contributed by atoms with Gasteiger partial charge < -0.3 is 15.2 Å². The second-order valence-corrected chi connectivity index (χ2v) is 6.77. The zero-order chi connectivity index (χ0) is 17.1. The van der Waals surface area contributed by atoms with Crippen LogP contribution in [-0.4, -0.2) is 19.0 Å². The number of hydrogen-bond donors (Lipinski definition) is 1. The molecular weight excluding hydrogens is 288 g/mol. The van der Waals surface area contributed by atoms with Crippen LogP contribution in [0.5, 0.6) is 0 Å². The summed E-state index contributed by atoms with van der Waals surface area (Å²) in [6.45, 7) is 12.0. The van der Waals surface area contributed by atoms with E-state index in [9.17, 15) is 0 Å². The average Bonchev–Trinajstić information content (AvgIpc) is 2.83. The Kier molecular flexibility index (Phi) is 5.48.